The second kappa shape index (κ2) is 5.61. The van der Waals surface area contributed by atoms with Crippen molar-refractivity contribution >= 4 is 11.6 Å². The normalized spacial score (nSPS) is 17.5. The van der Waals surface area contributed by atoms with Gasteiger partial charge in [-0.15, -0.1) is 5.10 Å². The van der Waals surface area contributed by atoms with E-state index in [1.165, 1.54) is 4.68 Å². The number of carbonyl (C=O) groups excluding carboxylic acids is 1. The Balaban J connectivity index is 2.09. The molecule has 0 saturated heterocycles. The van der Waals surface area contributed by atoms with Gasteiger partial charge in [0, 0.05) is 17.6 Å². The smallest absolute Gasteiger partial charge is 0.391 e. The molecule has 0 spiro atoms. The Morgan fingerprint density at radius 3 is 2.54 bits per heavy atom. The van der Waals surface area contributed by atoms with E-state index in [0.717, 1.165) is 17.7 Å². The van der Waals surface area contributed by atoms with Crippen LogP contribution in [0.4, 0.5) is 5.69 Å². The molecule has 2 heterocycles. The lowest BCUT2D eigenvalue weighted by Crippen LogP contribution is -2.28. The number of nitrogens with zero attached hydrogens (tertiary/aromatic N) is 3. The topological polar surface area (TPSA) is 68.3 Å². The van der Waals surface area contributed by atoms with Crippen molar-refractivity contribution in [2.75, 3.05) is 11.4 Å². The molecule has 0 fully saturated rings. The molecule has 6 heteroatoms. The number of anilines is 1. The second-order valence-corrected chi connectivity index (χ2v) is 7.29. The van der Waals surface area contributed by atoms with Gasteiger partial charge in [-0.3, -0.25) is 4.79 Å². The molecule has 1 aromatic carbocycles. The van der Waals surface area contributed by atoms with E-state index in [9.17, 15) is 9.59 Å². The summed E-state index contributed by atoms with van der Waals surface area (Å²) in [4.78, 5) is 26.4. The first-order valence-corrected chi connectivity index (χ1v) is 8.30. The lowest BCUT2D eigenvalue weighted by Gasteiger charge is -2.17. The zero-order valence-corrected chi connectivity index (χ0v) is 14.8. The molecule has 128 valence electrons. The summed E-state index contributed by atoms with van der Waals surface area (Å²) in [5.74, 6) is -0.172. The maximum atomic E-state index is 12.4. The summed E-state index contributed by atoms with van der Waals surface area (Å²) in [6.45, 7) is 10.4. The van der Waals surface area contributed by atoms with Gasteiger partial charge >= 0.3 is 5.76 Å². The van der Waals surface area contributed by atoms with Crippen LogP contribution in [0.5, 0.6) is 0 Å². The van der Waals surface area contributed by atoms with Gasteiger partial charge in [0.15, 0.2) is 0 Å². The predicted octanol–water partition coefficient (Wildman–Crippen LogP) is 2.98. The fourth-order valence-electron chi connectivity index (χ4n) is 2.95. The number of amides is 1. The monoisotopic (exact) mass is 329 g/mol. The third-order valence-electron chi connectivity index (χ3n) is 4.29. The van der Waals surface area contributed by atoms with Crippen LogP contribution in [-0.4, -0.2) is 22.2 Å². The van der Waals surface area contributed by atoms with Crippen LogP contribution in [0.1, 0.15) is 58.4 Å². The summed E-state index contributed by atoms with van der Waals surface area (Å²) in [7, 11) is 0. The van der Waals surface area contributed by atoms with Crippen LogP contribution in [0.3, 0.4) is 0 Å². The highest BCUT2D eigenvalue weighted by atomic mass is 16.4. The summed E-state index contributed by atoms with van der Waals surface area (Å²) in [6.07, 6.45) is 0.875. The van der Waals surface area contributed by atoms with E-state index < -0.39 is 5.76 Å². The molecule has 0 radical (unpaired) electrons. The Kier molecular flexibility index (Phi) is 3.86. The molecule has 1 unspecified atom stereocenters. The number of hydrogen-bond acceptors (Lipinski definition) is 4. The first-order chi connectivity index (χ1) is 11.2. The van der Waals surface area contributed by atoms with Crippen molar-refractivity contribution in [3.05, 3.63) is 40.2 Å². The van der Waals surface area contributed by atoms with Crippen molar-refractivity contribution in [3.63, 3.8) is 0 Å². The molecule has 3 rings (SSSR count). The van der Waals surface area contributed by atoms with E-state index in [1.54, 1.807) is 4.90 Å². The van der Waals surface area contributed by atoms with Crippen molar-refractivity contribution in [1.82, 2.24) is 9.78 Å². The van der Waals surface area contributed by atoms with E-state index in [2.05, 4.69) is 5.10 Å². The standard InChI is InChI=1S/C18H23N3O3/c1-6-9-20-14-10-12(7-8-13(14)11(2)15(20)22)21-17(23)24-16(19-21)18(3,4)5/h7-8,10-11H,6,9H2,1-5H3. The third-order valence-corrected chi connectivity index (χ3v) is 4.29. The van der Waals surface area contributed by atoms with E-state index in [4.69, 9.17) is 4.42 Å². The third kappa shape index (κ3) is 2.56. The first-order valence-electron chi connectivity index (χ1n) is 8.30. The van der Waals surface area contributed by atoms with Crippen molar-refractivity contribution in [2.24, 2.45) is 0 Å². The van der Waals surface area contributed by atoms with Crippen LogP contribution < -0.4 is 10.7 Å². The molecule has 1 aromatic heterocycles. The summed E-state index contributed by atoms with van der Waals surface area (Å²) >= 11 is 0. The van der Waals surface area contributed by atoms with Crippen LogP contribution in [0.25, 0.3) is 5.69 Å². The Morgan fingerprint density at radius 2 is 1.96 bits per heavy atom. The van der Waals surface area contributed by atoms with Gasteiger partial charge in [0.05, 0.1) is 11.6 Å². The van der Waals surface area contributed by atoms with Crippen LogP contribution in [-0.2, 0) is 10.2 Å². The predicted molar refractivity (Wildman–Crippen MR) is 91.9 cm³/mol. The largest absolute Gasteiger partial charge is 0.441 e. The number of aromatic nitrogens is 2. The Morgan fingerprint density at radius 1 is 1.25 bits per heavy atom. The van der Waals surface area contributed by atoms with E-state index in [1.807, 2.05) is 52.8 Å². The molecule has 1 aliphatic heterocycles. The van der Waals surface area contributed by atoms with Gasteiger partial charge in [-0.25, -0.2) is 4.79 Å². The average Bonchev–Trinajstić information content (AvgIpc) is 3.01. The highest BCUT2D eigenvalue weighted by molar-refractivity contribution is 6.04. The lowest BCUT2D eigenvalue weighted by atomic mass is 9.97. The van der Waals surface area contributed by atoms with E-state index in [-0.39, 0.29) is 17.2 Å². The maximum Gasteiger partial charge on any atom is 0.441 e. The second-order valence-electron chi connectivity index (χ2n) is 7.29. The number of hydrogen-bond donors (Lipinski definition) is 0. The zero-order valence-electron chi connectivity index (χ0n) is 14.8. The number of fused-ring (bicyclic) bond motifs is 1. The fraction of sp³-hybridized carbons (Fsp3) is 0.500. The molecule has 1 atom stereocenters. The summed E-state index contributed by atoms with van der Waals surface area (Å²) in [6, 6.07) is 5.57. The van der Waals surface area contributed by atoms with E-state index in [0.29, 0.717) is 18.1 Å². The minimum Gasteiger partial charge on any atom is -0.391 e. The Labute approximate surface area is 141 Å². The minimum atomic E-state index is -0.515. The van der Waals surface area contributed by atoms with Gasteiger partial charge in [-0.1, -0.05) is 33.8 Å². The quantitative estimate of drug-likeness (QED) is 0.868. The van der Waals surface area contributed by atoms with Crippen LogP contribution >= 0.6 is 0 Å². The van der Waals surface area contributed by atoms with Crippen LogP contribution in [0, 0.1) is 0 Å². The molecule has 0 N–H and O–H groups in total. The first kappa shape index (κ1) is 16.5. The van der Waals surface area contributed by atoms with Crippen molar-refractivity contribution in [1.29, 1.82) is 0 Å². The Hall–Kier alpha value is -2.37. The minimum absolute atomic E-state index is 0.104. The van der Waals surface area contributed by atoms with Crippen molar-refractivity contribution < 1.29 is 9.21 Å². The zero-order chi connectivity index (χ0) is 17.6. The highest BCUT2D eigenvalue weighted by Gasteiger charge is 2.34. The lowest BCUT2D eigenvalue weighted by molar-refractivity contribution is -0.119. The molecule has 0 aliphatic carbocycles. The molecular formula is C18H23N3O3. The van der Waals surface area contributed by atoms with E-state index >= 15 is 0 Å². The fourth-order valence-corrected chi connectivity index (χ4v) is 2.95. The number of carbonyl (C=O) groups is 1. The molecule has 0 saturated carbocycles. The molecule has 1 amide bonds. The number of benzene rings is 1. The summed E-state index contributed by atoms with van der Waals surface area (Å²) < 4.78 is 6.55. The molecule has 24 heavy (non-hydrogen) atoms. The molecule has 6 nitrogen and oxygen atoms in total. The number of rotatable bonds is 3. The van der Waals surface area contributed by atoms with Gasteiger partial charge in [0.1, 0.15) is 0 Å². The van der Waals surface area contributed by atoms with Gasteiger partial charge < -0.3 is 9.32 Å². The SMILES string of the molecule is CCCN1C(=O)C(C)c2ccc(-n3nc(C(C)(C)C)oc3=O)cc21. The summed E-state index contributed by atoms with van der Waals surface area (Å²) in [5, 5.41) is 4.32. The van der Waals surface area contributed by atoms with Gasteiger partial charge in [0.25, 0.3) is 0 Å². The van der Waals surface area contributed by atoms with Gasteiger partial charge in [-0.2, -0.15) is 4.68 Å². The molecule has 1 aliphatic rings. The molecule has 0 bridgehead atoms. The van der Waals surface area contributed by atoms with Crippen LogP contribution in [0.2, 0.25) is 0 Å². The molecular weight excluding hydrogens is 306 g/mol. The molecule has 2 aromatic rings. The van der Waals surface area contributed by atoms with Crippen molar-refractivity contribution in [2.45, 2.75) is 52.4 Å². The van der Waals surface area contributed by atoms with Gasteiger partial charge in [0.2, 0.25) is 11.8 Å². The maximum absolute atomic E-state index is 12.4. The van der Waals surface area contributed by atoms with Crippen molar-refractivity contribution in [3.8, 4) is 5.69 Å². The average molecular weight is 329 g/mol. The summed E-state index contributed by atoms with van der Waals surface area (Å²) in [5.41, 5.74) is 2.12. The van der Waals surface area contributed by atoms with Crippen LogP contribution in [0.15, 0.2) is 27.4 Å². The van der Waals surface area contributed by atoms with Gasteiger partial charge in [-0.05, 0) is 31.0 Å². The Bertz CT molecular complexity index is 842. The highest BCUT2D eigenvalue weighted by Crippen LogP contribution is 2.38.